The highest BCUT2D eigenvalue weighted by Gasteiger charge is 2.69. The minimum Gasteiger partial charge on any atom is -0.511 e. The van der Waals surface area contributed by atoms with Crippen LogP contribution < -0.4 is 10.6 Å². The quantitative estimate of drug-likeness (QED) is 0.133. The molecule has 1 spiro atoms. The van der Waals surface area contributed by atoms with Crippen LogP contribution in [-0.2, 0) is 19.1 Å². The smallest absolute Gasteiger partial charge is 0.188 e. The summed E-state index contributed by atoms with van der Waals surface area (Å²) in [7, 11) is 2.99. The standard InChI is InChI=1S/C42H62N2O11S2/c45-13-3-8-32-41-29(17-26(18-31(41)48)15-23-4-1-5-25(14-23)20-46)35(49)28-6-2-7-30(34(28)36(41)50)54-38-37(51)42(53)27(9-11-40(21-47,55-38)39(42)52)16-24-10-12-43-33(19-24)44-22-56-57-32/h9,11,17-18,23-25,27-30,32-34,37-39,43-48,51-53H,1-8,10,12-16,19-22H2. The lowest BCUT2D eigenvalue weighted by molar-refractivity contribution is -0.375. The zero-order valence-corrected chi connectivity index (χ0v) is 34.3. The van der Waals surface area contributed by atoms with Crippen molar-refractivity contribution in [2.75, 3.05) is 32.2 Å². The molecule has 318 valence electrons. The Kier molecular flexibility index (Phi) is 12.8. The third-order valence-corrected chi connectivity index (χ3v) is 17.8. The molecular formula is C42H62N2O11S2. The van der Waals surface area contributed by atoms with Crippen molar-refractivity contribution < 1.29 is 54.8 Å². The van der Waals surface area contributed by atoms with E-state index in [9.17, 15) is 35.7 Å². The monoisotopic (exact) mass is 834 g/mol. The molecule has 0 aromatic heterocycles. The van der Waals surface area contributed by atoms with E-state index in [1.54, 1.807) is 18.2 Å². The van der Waals surface area contributed by atoms with Crippen LogP contribution in [0, 0.1) is 46.8 Å². The summed E-state index contributed by atoms with van der Waals surface area (Å²) in [6.45, 7) is 0.0351. The summed E-state index contributed by atoms with van der Waals surface area (Å²) in [5.74, 6) is -2.84. The average molecular weight is 835 g/mol. The molecule has 3 saturated heterocycles. The highest BCUT2D eigenvalue weighted by Crippen LogP contribution is 2.60. The Bertz CT molecular complexity index is 1600. The van der Waals surface area contributed by atoms with Gasteiger partial charge in [-0.25, -0.2) is 0 Å². The molecule has 15 heteroatoms. The molecule has 57 heavy (non-hydrogen) atoms. The minimum absolute atomic E-state index is 0.0720. The van der Waals surface area contributed by atoms with Gasteiger partial charge in [-0.2, -0.15) is 0 Å². The highest BCUT2D eigenvalue weighted by molar-refractivity contribution is 8.76. The van der Waals surface area contributed by atoms with Gasteiger partial charge in [0.2, 0.25) is 0 Å². The zero-order chi connectivity index (χ0) is 40.1. The summed E-state index contributed by atoms with van der Waals surface area (Å²) in [6.07, 6.45) is 9.48. The topological polar surface area (TPSA) is 218 Å². The van der Waals surface area contributed by atoms with Gasteiger partial charge in [0.1, 0.15) is 40.4 Å². The Morgan fingerprint density at radius 3 is 2.56 bits per heavy atom. The number of aliphatic hydroxyl groups is 7. The van der Waals surface area contributed by atoms with E-state index in [-0.39, 0.29) is 54.5 Å². The van der Waals surface area contributed by atoms with Gasteiger partial charge in [-0.15, -0.1) is 0 Å². The van der Waals surface area contributed by atoms with Crippen molar-refractivity contribution in [3.05, 3.63) is 35.6 Å². The molecule has 7 bridgehead atoms. The van der Waals surface area contributed by atoms with Crippen molar-refractivity contribution in [3.63, 3.8) is 0 Å². The lowest BCUT2D eigenvalue weighted by Crippen LogP contribution is -2.76. The highest BCUT2D eigenvalue weighted by atomic mass is 33.1. The summed E-state index contributed by atoms with van der Waals surface area (Å²) < 4.78 is 12.9. The third kappa shape index (κ3) is 7.34. The van der Waals surface area contributed by atoms with Crippen molar-refractivity contribution in [3.8, 4) is 0 Å². The molecule has 8 rings (SSSR count). The Hall–Kier alpha value is -1.34. The summed E-state index contributed by atoms with van der Waals surface area (Å²) in [5, 5.41) is 85.8. The van der Waals surface area contributed by atoms with Gasteiger partial charge >= 0.3 is 0 Å². The second-order valence-corrected chi connectivity index (χ2v) is 20.8. The second-order valence-electron chi connectivity index (χ2n) is 18.3. The van der Waals surface area contributed by atoms with Crippen LogP contribution in [0.3, 0.4) is 0 Å². The van der Waals surface area contributed by atoms with Crippen LogP contribution in [0.2, 0.25) is 0 Å². The number of carbonyl (C=O) groups excluding carboxylic acids is 2. The fourth-order valence-corrected chi connectivity index (χ4v) is 15.0. The van der Waals surface area contributed by atoms with Gasteiger partial charge in [0, 0.05) is 30.3 Å². The largest absolute Gasteiger partial charge is 0.511 e. The molecule has 3 saturated carbocycles. The molecule has 16 atom stereocenters. The maximum atomic E-state index is 15.7. The number of nitrogens with one attached hydrogen (secondary N) is 2. The van der Waals surface area contributed by atoms with Gasteiger partial charge in [0.05, 0.1) is 36.6 Å². The fraction of sp³-hybridized carbons (Fsp3) is 0.810. The third-order valence-electron chi connectivity index (χ3n) is 15.0. The molecule has 16 unspecified atom stereocenters. The first-order valence-electron chi connectivity index (χ1n) is 21.4. The number of ether oxygens (including phenoxy) is 2. The van der Waals surface area contributed by atoms with Gasteiger partial charge < -0.3 is 50.5 Å². The van der Waals surface area contributed by atoms with Gasteiger partial charge in [-0.3, -0.25) is 14.9 Å². The molecule has 5 aliphatic carbocycles. The van der Waals surface area contributed by atoms with Crippen LogP contribution in [0.15, 0.2) is 35.6 Å². The zero-order valence-electron chi connectivity index (χ0n) is 32.6. The van der Waals surface area contributed by atoms with Crippen molar-refractivity contribution >= 4 is 33.2 Å². The van der Waals surface area contributed by atoms with E-state index < -0.39 is 76.7 Å². The van der Waals surface area contributed by atoms with E-state index in [2.05, 4.69) is 10.6 Å². The first-order valence-corrected chi connectivity index (χ1v) is 23.8. The summed E-state index contributed by atoms with van der Waals surface area (Å²) in [6, 6.07) is 0. The van der Waals surface area contributed by atoms with Crippen LogP contribution in [-0.4, -0.2) is 127 Å². The van der Waals surface area contributed by atoms with Gasteiger partial charge in [0.25, 0.3) is 0 Å². The van der Waals surface area contributed by atoms with Crippen molar-refractivity contribution in [1.29, 1.82) is 0 Å². The van der Waals surface area contributed by atoms with E-state index >= 15 is 9.59 Å². The number of hydrogen-bond acceptors (Lipinski definition) is 15. The first-order chi connectivity index (χ1) is 27.5. The van der Waals surface area contributed by atoms with E-state index in [1.807, 2.05) is 6.08 Å². The van der Waals surface area contributed by atoms with E-state index in [0.29, 0.717) is 57.2 Å². The second kappa shape index (κ2) is 17.2. The molecule has 0 radical (unpaired) electrons. The summed E-state index contributed by atoms with van der Waals surface area (Å²) in [4.78, 5) is 30.8. The lowest BCUT2D eigenvalue weighted by Gasteiger charge is -2.59. The van der Waals surface area contributed by atoms with Gasteiger partial charge in [-0.1, -0.05) is 59.1 Å². The predicted molar refractivity (Wildman–Crippen MR) is 214 cm³/mol. The van der Waals surface area contributed by atoms with E-state index in [4.69, 9.17) is 9.47 Å². The number of allylic oxidation sites excluding steroid dienone is 4. The number of hydrogen-bond donors (Lipinski definition) is 9. The molecule has 3 aliphatic heterocycles. The molecular weight excluding hydrogens is 773 g/mol. The predicted octanol–water partition coefficient (Wildman–Crippen LogP) is 2.64. The molecule has 3 heterocycles. The number of piperidine rings is 1. The SMILES string of the molecule is O=C1C2CCCC3OC4OC5(CO)C=CC(CC6CCNC(C6)NCSSC(CCCO)C6(C(=O)C32)C(O)=CC(CC2CCCC(CO)C2)=CC16)C(O)(C4O)C5O. The van der Waals surface area contributed by atoms with Crippen LogP contribution >= 0.6 is 21.6 Å². The molecule has 8 aliphatic rings. The minimum atomic E-state index is -2.14. The normalized spacial score (nSPS) is 47.6. The van der Waals surface area contributed by atoms with E-state index in [0.717, 1.165) is 44.2 Å². The van der Waals surface area contributed by atoms with Crippen LogP contribution in [0.5, 0.6) is 0 Å². The first kappa shape index (κ1) is 42.4. The van der Waals surface area contributed by atoms with E-state index in [1.165, 1.54) is 21.6 Å². The molecule has 0 aromatic carbocycles. The van der Waals surface area contributed by atoms with Gasteiger partial charge in [-0.05, 0) is 100 Å². The average Bonchev–Trinajstić information content (AvgIpc) is 3.21. The lowest BCUT2D eigenvalue weighted by atomic mass is 9.50. The molecule has 13 nitrogen and oxygen atoms in total. The Labute approximate surface area is 342 Å². The summed E-state index contributed by atoms with van der Waals surface area (Å²) in [5.41, 5.74) is -4.74. The number of fused-ring (bicyclic) bond motifs is 4. The number of ketones is 2. The molecule has 0 amide bonds. The molecule has 0 aromatic rings. The van der Waals surface area contributed by atoms with Crippen molar-refractivity contribution in [2.45, 2.75) is 131 Å². The van der Waals surface area contributed by atoms with Crippen molar-refractivity contribution in [2.24, 2.45) is 46.8 Å². The summed E-state index contributed by atoms with van der Waals surface area (Å²) >= 11 is 0. The fourth-order valence-electron chi connectivity index (χ4n) is 12.1. The van der Waals surface area contributed by atoms with Crippen molar-refractivity contribution in [1.82, 2.24) is 10.6 Å². The number of aliphatic hydroxyl groups excluding tert-OH is 6. The number of Topliss-reactive ketones (excluding diaryl/α,β-unsaturated/α-hetero) is 2. The Balaban J connectivity index is 1.20. The van der Waals surface area contributed by atoms with Crippen LogP contribution in [0.25, 0.3) is 0 Å². The Morgan fingerprint density at radius 1 is 0.965 bits per heavy atom. The Morgan fingerprint density at radius 2 is 1.77 bits per heavy atom. The van der Waals surface area contributed by atoms with Gasteiger partial charge in [0.15, 0.2) is 12.1 Å². The number of carbonyl (C=O) groups is 2. The maximum absolute atomic E-state index is 15.7. The maximum Gasteiger partial charge on any atom is 0.188 e. The molecule has 9 N–H and O–H groups in total. The molecule has 6 fully saturated rings. The van der Waals surface area contributed by atoms with Crippen LogP contribution in [0.4, 0.5) is 0 Å². The van der Waals surface area contributed by atoms with Crippen LogP contribution in [0.1, 0.15) is 83.5 Å². The number of rotatable bonds is 7.